The van der Waals surface area contributed by atoms with E-state index in [1.165, 1.54) is 17.5 Å². The van der Waals surface area contributed by atoms with Gasteiger partial charge >= 0.3 is 0 Å². The van der Waals surface area contributed by atoms with Crippen LogP contribution in [0.15, 0.2) is 41.3 Å². The van der Waals surface area contributed by atoms with Gasteiger partial charge in [-0.15, -0.1) is 0 Å². The lowest BCUT2D eigenvalue weighted by Gasteiger charge is -2.08. The van der Waals surface area contributed by atoms with Crippen LogP contribution in [0.25, 0.3) is 0 Å². The molecule has 0 aliphatic heterocycles. The highest BCUT2D eigenvalue weighted by Gasteiger charge is 2.14. The number of fused-ring (bicyclic) bond motifs is 1. The minimum absolute atomic E-state index is 0.408. The Labute approximate surface area is 126 Å². The maximum absolute atomic E-state index is 12.5. The van der Waals surface area contributed by atoms with E-state index in [0.29, 0.717) is 16.5 Å². The second kappa shape index (κ2) is 5.58. The first-order valence-electron chi connectivity index (χ1n) is 6.67. The molecule has 0 fully saturated rings. The highest BCUT2D eigenvalue weighted by molar-refractivity contribution is 7.84. The van der Waals surface area contributed by atoms with Crippen molar-refractivity contribution in [2.45, 2.75) is 29.9 Å². The van der Waals surface area contributed by atoms with E-state index >= 15 is 0 Å². The summed E-state index contributed by atoms with van der Waals surface area (Å²) < 4.78 is 12.5. The molecule has 3 rings (SSSR count). The van der Waals surface area contributed by atoms with E-state index in [1.807, 2.05) is 6.07 Å². The molecule has 2 aromatic rings. The van der Waals surface area contributed by atoms with Gasteiger partial charge in [-0.2, -0.15) is 0 Å². The molecule has 104 valence electrons. The van der Waals surface area contributed by atoms with Gasteiger partial charge < -0.3 is 5.73 Å². The fourth-order valence-corrected chi connectivity index (χ4v) is 4.00. The number of halogens is 1. The third kappa shape index (κ3) is 2.74. The summed E-state index contributed by atoms with van der Waals surface area (Å²) in [6.45, 7) is 0. The Morgan fingerprint density at radius 1 is 1.10 bits per heavy atom. The second-order valence-electron chi connectivity index (χ2n) is 5.12. The first kappa shape index (κ1) is 13.7. The van der Waals surface area contributed by atoms with Crippen molar-refractivity contribution in [2.75, 3.05) is 5.73 Å². The van der Waals surface area contributed by atoms with Crippen molar-refractivity contribution in [3.63, 3.8) is 0 Å². The van der Waals surface area contributed by atoms with Crippen LogP contribution in [-0.2, 0) is 29.4 Å². The Balaban J connectivity index is 1.84. The van der Waals surface area contributed by atoms with Crippen molar-refractivity contribution in [1.82, 2.24) is 0 Å². The van der Waals surface area contributed by atoms with E-state index in [2.05, 4.69) is 12.1 Å². The molecule has 0 spiro atoms. The van der Waals surface area contributed by atoms with Crippen LogP contribution in [0.2, 0.25) is 5.02 Å². The van der Waals surface area contributed by atoms with E-state index in [-0.39, 0.29) is 0 Å². The first-order chi connectivity index (χ1) is 9.63. The molecule has 0 amide bonds. The summed E-state index contributed by atoms with van der Waals surface area (Å²) in [5, 5.41) is 0.625. The standard InChI is InChI=1S/C16H16ClNOS/c17-14-5-7-16(18)13(8-14)10-20(19)15-6-4-11-2-1-3-12(11)9-15/h4-9H,1-3,10,18H2. The maximum Gasteiger partial charge on any atom is 0.0575 e. The molecular formula is C16H16ClNOS. The van der Waals surface area contributed by atoms with Crippen LogP contribution in [0.1, 0.15) is 23.1 Å². The Hall–Kier alpha value is -1.32. The lowest BCUT2D eigenvalue weighted by atomic mass is 10.1. The van der Waals surface area contributed by atoms with Crippen LogP contribution in [0.4, 0.5) is 5.69 Å². The Bertz CT molecular complexity index is 684. The van der Waals surface area contributed by atoms with Crippen LogP contribution in [0.3, 0.4) is 0 Å². The molecule has 0 heterocycles. The summed E-state index contributed by atoms with van der Waals surface area (Å²) in [7, 11) is -1.08. The van der Waals surface area contributed by atoms with Gasteiger partial charge in [-0.25, -0.2) is 0 Å². The van der Waals surface area contributed by atoms with E-state index in [1.54, 1.807) is 18.2 Å². The van der Waals surface area contributed by atoms with Crippen LogP contribution in [-0.4, -0.2) is 4.21 Å². The van der Waals surface area contributed by atoms with Gasteiger partial charge in [0, 0.05) is 15.6 Å². The van der Waals surface area contributed by atoms with Gasteiger partial charge in [-0.1, -0.05) is 17.7 Å². The van der Waals surface area contributed by atoms with Crippen molar-refractivity contribution in [3.05, 3.63) is 58.1 Å². The van der Waals surface area contributed by atoms with Crippen LogP contribution in [0, 0.1) is 0 Å². The maximum atomic E-state index is 12.5. The molecule has 1 aliphatic carbocycles. The number of nitrogens with two attached hydrogens (primary N) is 1. The third-order valence-corrected chi connectivity index (χ3v) is 5.31. The summed E-state index contributed by atoms with van der Waals surface area (Å²) >= 11 is 5.97. The highest BCUT2D eigenvalue weighted by atomic mass is 35.5. The minimum Gasteiger partial charge on any atom is -0.398 e. The van der Waals surface area contributed by atoms with E-state index in [4.69, 9.17) is 17.3 Å². The Kier molecular flexibility index (Phi) is 3.81. The largest absolute Gasteiger partial charge is 0.398 e. The molecule has 2 aromatic carbocycles. The van der Waals surface area contributed by atoms with Gasteiger partial charge in [-0.3, -0.25) is 4.21 Å². The summed E-state index contributed by atoms with van der Waals surface area (Å²) in [6.07, 6.45) is 3.44. The van der Waals surface area contributed by atoms with Crippen LogP contribution in [0.5, 0.6) is 0 Å². The summed E-state index contributed by atoms with van der Waals surface area (Å²) in [6, 6.07) is 11.5. The summed E-state index contributed by atoms with van der Waals surface area (Å²) in [4.78, 5) is 0.880. The quantitative estimate of drug-likeness (QED) is 0.878. The summed E-state index contributed by atoms with van der Waals surface area (Å²) in [5.41, 5.74) is 10.1. The van der Waals surface area contributed by atoms with E-state index < -0.39 is 10.8 Å². The number of nitrogen functional groups attached to an aromatic ring is 1. The highest BCUT2D eigenvalue weighted by Crippen LogP contribution is 2.26. The van der Waals surface area contributed by atoms with E-state index in [0.717, 1.165) is 23.3 Å². The molecule has 1 aliphatic rings. The fraction of sp³-hybridized carbons (Fsp3) is 0.250. The molecule has 0 saturated carbocycles. The predicted molar refractivity (Wildman–Crippen MR) is 84.4 cm³/mol. The van der Waals surface area contributed by atoms with Gasteiger partial charge in [0.25, 0.3) is 0 Å². The Morgan fingerprint density at radius 2 is 1.90 bits per heavy atom. The summed E-state index contributed by atoms with van der Waals surface area (Å²) in [5.74, 6) is 0.408. The molecule has 0 radical (unpaired) electrons. The molecule has 0 aromatic heterocycles. The second-order valence-corrected chi connectivity index (χ2v) is 7.00. The lowest BCUT2D eigenvalue weighted by molar-refractivity contribution is 0.682. The zero-order valence-electron chi connectivity index (χ0n) is 11.1. The molecule has 1 unspecified atom stereocenters. The molecule has 4 heteroatoms. The van der Waals surface area contributed by atoms with Crippen molar-refractivity contribution in [3.8, 4) is 0 Å². The van der Waals surface area contributed by atoms with Gasteiger partial charge in [0.2, 0.25) is 0 Å². The molecule has 1 atom stereocenters. The average Bonchev–Trinajstić information content (AvgIpc) is 2.90. The number of aryl methyl sites for hydroxylation is 2. The smallest absolute Gasteiger partial charge is 0.0575 e. The fourth-order valence-electron chi connectivity index (χ4n) is 2.61. The third-order valence-electron chi connectivity index (χ3n) is 3.72. The zero-order valence-corrected chi connectivity index (χ0v) is 12.6. The average molecular weight is 306 g/mol. The molecule has 0 bridgehead atoms. The number of anilines is 1. The molecule has 0 saturated heterocycles. The van der Waals surface area contributed by atoms with Crippen molar-refractivity contribution in [1.29, 1.82) is 0 Å². The Morgan fingerprint density at radius 3 is 2.75 bits per heavy atom. The SMILES string of the molecule is Nc1ccc(Cl)cc1CS(=O)c1ccc2c(c1)CCC2. The van der Waals surface area contributed by atoms with Gasteiger partial charge in [0.15, 0.2) is 0 Å². The van der Waals surface area contributed by atoms with Gasteiger partial charge in [0.05, 0.1) is 16.6 Å². The normalized spacial score (nSPS) is 15.1. The molecular weight excluding hydrogens is 290 g/mol. The van der Waals surface area contributed by atoms with Crippen molar-refractivity contribution < 1.29 is 4.21 Å². The predicted octanol–water partition coefficient (Wildman–Crippen LogP) is 3.72. The topological polar surface area (TPSA) is 43.1 Å². The minimum atomic E-state index is -1.08. The number of rotatable bonds is 3. The molecule has 20 heavy (non-hydrogen) atoms. The van der Waals surface area contributed by atoms with Gasteiger partial charge in [-0.05, 0) is 66.3 Å². The lowest BCUT2D eigenvalue weighted by Crippen LogP contribution is -2.01. The van der Waals surface area contributed by atoms with Crippen molar-refractivity contribution in [2.24, 2.45) is 0 Å². The molecule has 2 N–H and O–H groups in total. The van der Waals surface area contributed by atoms with Crippen LogP contribution < -0.4 is 5.73 Å². The number of benzene rings is 2. The number of hydrogen-bond acceptors (Lipinski definition) is 2. The number of hydrogen-bond donors (Lipinski definition) is 1. The monoisotopic (exact) mass is 305 g/mol. The van der Waals surface area contributed by atoms with Crippen molar-refractivity contribution >= 4 is 28.1 Å². The first-order valence-corrected chi connectivity index (χ1v) is 8.37. The van der Waals surface area contributed by atoms with Gasteiger partial charge in [0.1, 0.15) is 0 Å². The zero-order chi connectivity index (χ0) is 14.1. The van der Waals surface area contributed by atoms with Crippen LogP contribution >= 0.6 is 11.6 Å². The molecule has 2 nitrogen and oxygen atoms in total. The van der Waals surface area contributed by atoms with E-state index in [9.17, 15) is 4.21 Å².